The van der Waals surface area contributed by atoms with Gasteiger partial charge in [-0.05, 0) is 50.1 Å². The lowest BCUT2D eigenvalue weighted by molar-refractivity contribution is 0.123. The molecule has 0 spiro atoms. The number of piperazine rings is 1. The van der Waals surface area contributed by atoms with E-state index in [1.54, 1.807) is 0 Å². The molecule has 1 saturated heterocycles. The molecule has 0 amide bonds. The minimum Gasteiger partial charge on any atom is -0.381 e. The summed E-state index contributed by atoms with van der Waals surface area (Å²) in [6.45, 7) is 10.7. The third-order valence-corrected chi connectivity index (χ3v) is 5.94. The summed E-state index contributed by atoms with van der Waals surface area (Å²) >= 11 is 0. The van der Waals surface area contributed by atoms with Crippen LogP contribution in [0.4, 0.5) is 0 Å². The molecule has 1 saturated carbocycles. The summed E-state index contributed by atoms with van der Waals surface area (Å²) < 4.78 is 5.67. The second kappa shape index (κ2) is 15.8. The largest absolute Gasteiger partial charge is 0.381 e. The number of ether oxygens (including phenoxy) is 1. The van der Waals surface area contributed by atoms with E-state index in [0.29, 0.717) is 0 Å². The van der Waals surface area contributed by atoms with Gasteiger partial charge in [0.1, 0.15) is 0 Å². The molecule has 7 heteroatoms. The van der Waals surface area contributed by atoms with Gasteiger partial charge in [-0.25, -0.2) is 0 Å². The van der Waals surface area contributed by atoms with E-state index in [9.17, 15) is 0 Å². The molecule has 0 aromatic heterocycles. The van der Waals surface area contributed by atoms with Crippen LogP contribution in [-0.2, 0) is 11.3 Å². The predicted octanol–water partition coefficient (Wildman–Crippen LogP) is 3.18. The lowest BCUT2D eigenvalue weighted by Gasteiger charge is -2.34. The first-order valence-corrected chi connectivity index (χ1v) is 11.8. The number of benzene rings is 1. The highest BCUT2D eigenvalue weighted by atomic mass is 127. The standard InChI is InChI=1S/C24H41N5O.HI/c1-25-24(27-13-7-19-30-21-23-10-11-23)26-12-5-6-14-28-15-17-29(18-16-28)20-22-8-3-2-4-9-22;/h2-4,8-9,23H,5-7,10-21H2,1H3,(H2,25,26,27);1H. The number of nitrogens with zero attached hydrogens (tertiary/aromatic N) is 3. The summed E-state index contributed by atoms with van der Waals surface area (Å²) in [6, 6.07) is 10.8. The van der Waals surface area contributed by atoms with Crippen LogP contribution in [0.2, 0.25) is 0 Å². The maximum absolute atomic E-state index is 5.67. The Morgan fingerprint density at radius 2 is 1.65 bits per heavy atom. The molecule has 1 aromatic rings. The van der Waals surface area contributed by atoms with Gasteiger partial charge in [-0.1, -0.05) is 30.3 Å². The zero-order chi connectivity index (χ0) is 20.9. The molecule has 1 aromatic carbocycles. The van der Waals surface area contributed by atoms with Crippen molar-refractivity contribution in [3.8, 4) is 0 Å². The predicted molar refractivity (Wildman–Crippen MR) is 140 cm³/mol. The van der Waals surface area contributed by atoms with Gasteiger partial charge in [0.05, 0.1) is 0 Å². The Labute approximate surface area is 206 Å². The molecule has 31 heavy (non-hydrogen) atoms. The van der Waals surface area contributed by atoms with Gasteiger partial charge in [0.15, 0.2) is 5.96 Å². The van der Waals surface area contributed by atoms with Gasteiger partial charge in [-0.3, -0.25) is 9.89 Å². The lowest BCUT2D eigenvalue weighted by atomic mass is 10.2. The Bertz CT molecular complexity index is 603. The normalized spacial score (nSPS) is 17.9. The fourth-order valence-corrected chi connectivity index (χ4v) is 3.82. The number of guanidine groups is 1. The zero-order valence-corrected chi connectivity index (χ0v) is 21.6. The van der Waals surface area contributed by atoms with Crippen molar-refractivity contribution in [1.29, 1.82) is 0 Å². The average Bonchev–Trinajstić information content (AvgIpc) is 3.61. The molecule has 0 bridgehead atoms. The topological polar surface area (TPSA) is 52.1 Å². The number of nitrogens with one attached hydrogen (secondary N) is 2. The molecule has 1 aliphatic carbocycles. The minimum absolute atomic E-state index is 0. The SMILES string of the molecule is CN=C(NCCCCN1CCN(Cc2ccccc2)CC1)NCCCOCC1CC1.I. The number of hydrogen-bond donors (Lipinski definition) is 2. The molecule has 0 unspecified atom stereocenters. The van der Waals surface area contributed by atoms with Crippen molar-refractivity contribution < 1.29 is 4.74 Å². The van der Waals surface area contributed by atoms with Crippen molar-refractivity contribution in [2.45, 2.75) is 38.6 Å². The molecule has 2 fully saturated rings. The summed E-state index contributed by atoms with van der Waals surface area (Å²) in [7, 11) is 1.84. The first kappa shape index (κ1) is 26.4. The number of hydrogen-bond acceptors (Lipinski definition) is 4. The number of unbranched alkanes of at least 4 members (excludes halogenated alkanes) is 1. The Morgan fingerprint density at radius 1 is 0.968 bits per heavy atom. The highest BCUT2D eigenvalue weighted by Gasteiger charge is 2.20. The van der Waals surface area contributed by atoms with Crippen LogP contribution in [0.5, 0.6) is 0 Å². The van der Waals surface area contributed by atoms with E-state index in [2.05, 4.69) is 55.8 Å². The van der Waals surface area contributed by atoms with Gasteiger partial charge >= 0.3 is 0 Å². The smallest absolute Gasteiger partial charge is 0.190 e. The molecule has 6 nitrogen and oxygen atoms in total. The number of aliphatic imine (C=N–C) groups is 1. The zero-order valence-electron chi connectivity index (χ0n) is 19.2. The summed E-state index contributed by atoms with van der Waals surface area (Å²) in [5, 5.41) is 6.81. The fraction of sp³-hybridized carbons (Fsp3) is 0.708. The number of rotatable bonds is 13. The van der Waals surface area contributed by atoms with Crippen molar-refractivity contribution in [2.24, 2.45) is 10.9 Å². The Kier molecular flexibility index (Phi) is 13.5. The van der Waals surface area contributed by atoms with E-state index < -0.39 is 0 Å². The first-order valence-electron chi connectivity index (χ1n) is 11.8. The van der Waals surface area contributed by atoms with Crippen LogP contribution >= 0.6 is 24.0 Å². The van der Waals surface area contributed by atoms with E-state index in [1.165, 1.54) is 64.0 Å². The van der Waals surface area contributed by atoms with Gasteiger partial charge in [0, 0.05) is 66.1 Å². The van der Waals surface area contributed by atoms with Crippen LogP contribution < -0.4 is 10.6 Å². The highest BCUT2D eigenvalue weighted by Crippen LogP contribution is 2.28. The van der Waals surface area contributed by atoms with Gasteiger partial charge in [0.2, 0.25) is 0 Å². The summed E-state index contributed by atoms with van der Waals surface area (Å²) in [4.78, 5) is 9.49. The fourth-order valence-electron chi connectivity index (χ4n) is 3.82. The summed E-state index contributed by atoms with van der Waals surface area (Å²) in [5.41, 5.74) is 1.42. The third-order valence-electron chi connectivity index (χ3n) is 5.94. The van der Waals surface area contributed by atoms with E-state index in [4.69, 9.17) is 4.74 Å². The maximum atomic E-state index is 5.67. The van der Waals surface area contributed by atoms with Crippen LogP contribution in [0.1, 0.15) is 37.7 Å². The average molecular weight is 544 g/mol. The molecule has 0 radical (unpaired) electrons. The van der Waals surface area contributed by atoms with Crippen molar-refractivity contribution in [1.82, 2.24) is 20.4 Å². The van der Waals surface area contributed by atoms with Crippen molar-refractivity contribution in [3.63, 3.8) is 0 Å². The Hall–Kier alpha value is -0.900. The van der Waals surface area contributed by atoms with E-state index >= 15 is 0 Å². The third kappa shape index (κ3) is 11.5. The second-order valence-corrected chi connectivity index (χ2v) is 8.61. The Balaban J connectivity index is 0.00000341. The van der Waals surface area contributed by atoms with E-state index in [1.807, 2.05) is 7.05 Å². The quantitative estimate of drug-likeness (QED) is 0.173. The summed E-state index contributed by atoms with van der Waals surface area (Å²) in [6.07, 6.45) is 6.16. The van der Waals surface area contributed by atoms with Crippen LogP contribution in [0.25, 0.3) is 0 Å². The van der Waals surface area contributed by atoms with Gasteiger partial charge in [-0.2, -0.15) is 0 Å². The highest BCUT2D eigenvalue weighted by molar-refractivity contribution is 14.0. The molecule has 2 N–H and O–H groups in total. The van der Waals surface area contributed by atoms with Crippen molar-refractivity contribution >= 4 is 29.9 Å². The molecule has 176 valence electrons. The van der Waals surface area contributed by atoms with Crippen LogP contribution in [0.15, 0.2) is 35.3 Å². The molecular formula is C24H42IN5O. The molecule has 2 aliphatic rings. The summed E-state index contributed by atoms with van der Waals surface area (Å²) in [5.74, 6) is 1.76. The first-order chi connectivity index (χ1) is 14.8. The van der Waals surface area contributed by atoms with Gasteiger partial charge in [0.25, 0.3) is 0 Å². The van der Waals surface area contributed by atoms with E-state index in [-0.39, 0.29) is 24.0 Å². The van der Waals surface area contributed by atoms with Crippen LogP contribution in [0, 0.1) is 5.92 Å². The molecule has 0 atom stereocenters. The van der Waals surface area contributed by atoms with E-state index in [0.717, 1.165) is 51.1 Å². The maximum Gasteiger partial charge on any atom is 0.190 e. The van der Waals surface area contributed by atoms with Gasteiger partial charge in [-0.15, -0.1) is 24.0 Å². The van der Waals surface area contributed by atoms with Crippen molar-refractivity contribution in [2.75, 3.05) is 66.1 Å². The van der Waals surface area contributed by atoms with Crippen molar-refractivity contribution in [3.05, 3.63) is 35.9 Å². The minimum atomic E-state index is 0. The number of halogens is 1. The molecule has 1 heterocycles. The second-order valence-electron chi connectivity index (χ2n) is 8.61. The van der Waals surface area contributed by atoms with Crippen LogP contribution in [-0.4, -0.2) is 81.8 Å². The molecule has 1 aliphatic heterocycles. The molecule has 3 rings (SSSR count). The monoisotopic (exact) mass is 543 g/mol. The van der Waals surface area contributed by atoms with Gasteiger partial charge < -0.3 is 20.3 Å². The lowest BCUT2D eigenvalue weighted by Crippen LogP contribution is -2.46. The Morgan fingerprint density at radius 3 is 2.32 bits per heavy atom. The van der Waals surface area contributed by atoms with Crippen LogP contribution in [0.3, 0.4) is 0 Å². The molecular weight excluding hydrogens is 501 g/mol.